The molecule has 0 aromatic carbocycles. The van der Waals surface area contributed by atoms with Gasteiger partial charge in [0, 0.05) is 11.4 Å². The van der Waals surface area contributed by atoms with Crippen molar-refractivity contribution < 1.29 is 15.0 Å². The Morgan fingerprint density at radius 1 is 1.42 bits per heavy atom. The molecular weight excluding hydrogens is 158 g/mol. The van der Waals surface area contributed by atoms with Crippen LogP contribution in [0.25, 0.3) is 0 Å². The minimum Gasteiger partial charge on any atom is -0.862 e. The van der Waals surface area contributed by atoms with Crippen molar-refractivity contribution >= 4 is 11.9 Å². The van der Waals surface area contributed by atoms with Crippen LogP contribution in [0.5, 0.6) is 0 Å². The molecule has 1 N–H and O–H groups in total. The summed E-state index contributed by atoms with van der Waals surface area (Å²) in [5.74, 6) is -1.76. The van der Waals surface area contributed by atoms with Crippen LogP contribution >= 0.6 is 0 Å². The molecule has 0 aliphatic carbocycles. The zero-order valence-corrected chi connectivity index (χ0v) is 7.35. The molecule has 0 spiro atoms. The lowest BCUT2D eigenvalue weighted by Crippen LogP contribution is -2.38. The van der Waals surface area contributed by atoms with Crippen molar-refractivity contribution in [2.75, 3.05) is 0 Å². The molecule has 0 saturated heterocycles. The van der Waals surface area contributed by atoms with Crippen molar-refractivity contribution in [1.82, 2.24) is 0 Å². The molecule has 0 radical (unpaired) electrons. The third-order valence-electron chi connectivity index (χ3n) is 1.76. The largest absolute Gasteiger partial charge is 0.862 e. The van der Waals surface area contributed by atoms with Crippen molar-refractivity contribution in [2.45, 2.75) is 33.1 Å². The number of carboxylic acids is 1. The molecule has 0 bridgehead atoms. The van der Waals surface area contributed by atoms with E-state index in [0.717, 1.165) is 0 Å². The van der Waals surface area contributed by atoms with Crippen molar-refractivity contribution in [3.05, 3.63) is 0 Å². The Morgan fingerprint density at radius 2 is 1.92 bits per heavy atom. The maximum Gasteiger partial charge on any atom is 0.0470 e. The topological polar surface area (TPSA) is 87.0 Å². The zero-order valence-electron chi connectivity index (χ0n) is 7.35. The van der Waals surface area contributed by atoms with Crippen LogP contribution in [-0.2, 0) is 4.79 Å². The number of carboxylic acid groups (broad SMARTS) is 1. The first kappa shape index (κ1) is 10.9. The zero-order chi connectivity index (χ0) is 9.78. The Hall–Kier alpha value is -1.06. The first-order chi connectivity index (χ1) is 5.36. The van der Waals surface area contributed by atoms with Crippen LogP contribution in [0.1, 0.15) is 33.1 Å². The molecule has 0 heterocycles. The van der Waals surface area contributed by atoms with E-state index in [-0.39, 0.29) is 6.42 Å². The number of aliphatic carboxylic acids is 1. The lowest BCUT2D eigenvalue weighted by molar-refractivity contribution is -0.318. The van der Waals surface area contributed by atoms with Crippen LogP contribution in [0, 0.1) is 10.8 Å². The number of rotatable bonds is 5. The highest BCUT2D eigenvalue weighted by Crippen LogP contribution is 2.21. The highest BCUT2D eigenvalue weighted by atomic mass is 16.4. The molecule has 0 saturated carbocycles. The third-order valence-corrected chi connectivity index (χ3v) is 1.76. The average Bonchev–Trinajstić information content (AvgIpc) is 1.85. The third kappa shape index (κ3) is 3.95. The van der Waals surface area contributed by atoms with E-state index in [9.17, 15) is 15.0 Å². The van der Waals surface area contributed by atoms with Gasteiger partial charge in [-0.2, -0.15) is 0 Å². The fourth-order valence-electron chi connectivity index (χ4n) is 0.793. The minimum atomic E-state index is -1.11. The molecule has 0 aliphatic heterocycles. The van der Waals surface area contributed by atoms with E-state index in [1.54, 1.807) is 13.8 Å². The van der Waals surface area contributed by atoms with Gasteiger partial charge < -0.3 is 20.4 Å². The smallest absolute Gasteiger partial charge is 0.0470 e. The SMILES string of the molecule is CC(C)(CCCC(=N)[O-])C(=O)[O-]. The summed E-state index contributed by atoms with van der Waals surface area (Å²) in [5.41, 5.74) is -0.893. The van der Waals surface area contributed by atoms with Gasteiger partial charge in [-0.1, -0.05) is 13.8 Å². The molecular formula is C8H13NO3-2. The highest BCUT2D eigenvalue weighted by molar-refractivity contribution is 5.71. The molecule has 0 aromatic heterocycles. The second-order valence-corrected chi connectivity index (χ2v) is 3.45. The van der Waals surface area contributed by atoms with Crippen LogP contribution in [0.2, 0.25) is 0 Å². The monoisotopic (exact) mass is 171 g/mol. The summed E-state index contributed by atoms with van der Waals surface area (Å²) < 4.78 is 0. The van der Waals surface area contributed by atoms with Crippen LogP contribution in [0.4, 0.5) is 0 Å². The van der Waals surface area contributed by atoms with E-state index >= 15 is 0 Å². The van der Waals surface area contributed by atoms with Crippen LogP contribution in [-0.4, -0.2) is 11.9 Å². The standard InChI is InChI=1S/C8H15NO3/c1-8(2,7(11)12)5-3-4-6(9)10/h3-5H2,1-2H3,(H2,9,10)(H,11,12)/p-2. The van der Waals surface area contributed by atoms with E-state index < -0.39 is 17.3 Å². The van der Waals surface area contributed by atoms with Gasteiger partial charge in [0.05, 0.1) is 0 Å². The van der Waals surface area contributed by atoms with Crippen molar-refractivity contribution in [3.8, 4) is 0 Å². The van der Waals surface area contributed by atoms with Crippen molar-refractivity contribution in [2.24, 2.45) is 5.41 Å². The van der Waals surface area contributed by atoms with Crippen LogP contribution < -0.4 is 10.2 Å². The van der Waals surface area contributed by atoms with Gasteiger partial charge in [0.2, 0.25) is 0 Å². The van der Waals surface area contributed by atoms with Crippen molar-refractivity contribution in [3.63, 3.8) is 0 Å². The lowest BCUT2D eigenvalue weighted by atomic mass is 9.87. The Morgan fingerprint density at radius 3 is 2.25 bits per heavy atom. The molecule has 4 heteroatoms. The van der Waals surface area contributed by atoms with E-state index in [2.05, 4.69) is 0 Å². The first-order valence-corrected chi connectivity index (χ1v) is 3.82. The summed E-state index contributed by atoms with van der Waals surface area (Å²) in [4.78, 5) is 10.5. The summed E-state index contributed by atoms with van der Waals surface area (Å²) in [6, 6.07) is 0. The predicted molar refractivity (Wildman–Crippen MR) is 40.4 cm³/mol. The summed E-state index contributed by atoms with van der Waals surface area (Å²) in [5, 5.41) is 27.2. The summed E-state index contributed by atoms with van der Waals surface area (Å²) in [7, 11) is 0. The van der Waals surface area contributed by atoms with Gasteiger partial charge in [-0.15, -0.1) is 0 Å². The van der Waals surface area contributed by atoms with Gasteiger partial charge in [0.15, 0.2) is 0 Å². The minimum absolute atomic E-state index is 0.122. The Kier molecular flexibility index (Phi) is 3.73. The number of carbonyl (C=O) groups excluding carboxylic acids is 1. The van der Waals surface area contributed by atoms with E-state index in [0.29, 0.717) is 12.8 Å². The fraction of sp³-hybridized carbons (Fsp3) is 0.750. The van der Waals surface area contributed by atoms with Gasteiger partial charge >= 0.3 is 0 Å². The molecule has 0 aromatic rings. The lowest BCUT2D eigenvalue weighted by Gasteiger charge is -2.25. The van der Waals surface area contributed by atoms with Gasteiger partial charge in [-0.05, 0) is 25.2 Å². The highest BCUT2D eigenvalue weighted by Gasteiger charge is 2.17. The van der Waals surface area contributed by atoms with E-state index in [4.69, 9.17) is 5.41 Å². The molecule has 0 amide bonds. The van der Waals surface area contributed by atoms with Crippen molar-refractivity contribution in [1.29, 1.82) is 5.41 Å². The maximum absolute atomic E-state index is 10.5. The quantitative estimate of drug-likeness (QED) is 0.437. The van der Waals surface area contributed by atoms with Gasteiger partial charge in [-0.3, -0.25) is 0 Å². The molecule has 0 aliphatic rings. The molecule has 12 heavy (non-hydrogen) atoms. The molecule has 0 fully saturated rings. The van der Waals surface area contributed by atoms with Gasteiger partial charge in [-0.25, -0.2) is 0 Å². The van der Waals surface area contributed by atoms with E-state index in [1.807, 2.05) is 0 Å². The second kappa shape index (κ2) is 4.09. The number of hydrogen-bond donors (Lipinski definition) is 1. The van der Waals surface area contributed by atoms with E-state index in [1.165, 1.54) is 0 Å². The molecule has 70 valence electrons. The maximum atomic E-state index is 10.5. The normalized spacial score (nSPS) is 11.2. The Balaban J connectivity index is 3.76. The Bertz CT molecular complexity index is 187. The van der Waals surface area contributed by atoms with Gasteiger partial charge in [0.25, 0.3) is 0 Å². The van der Waals surface area contributed by atoms with Crippen LogP contribution in [0.15, 0.2) is 0 Å². The fourth-order valence-corrected chi connectivity index (χ4v) is 0.793. The molecule has 4 nitrogen and oxygen atoms in total. The average molecular weight is 171 g/mol. The molecule has 0 rings (SSSR count). The Labute approximate surface area is 71.7 Å². The van der Waals surface area contributed by atoms with Gasteiger partial charge in [0.1, 0.15) is 0 Å². The number of nitrogens with one attached hydrogen (secondary N) is 1. The second-order valence-electron chi connectivity index (χ2n) is 3.45. The number of hydrogen-bond acceptors (Lipinski definition) is 4. The predicted octanol–water partition coefficient (Wildman–Crippen LogP) is -0.730. The molecule has 0 unspecified atom stereocenters. The summed E-state index contributed by atoms with van der Waals surface area (Å²) >= 11 is 0. The van der Waals surface area contributed by atoms with Crippen LogP contribution in [0.3, 0.4) is 0 Å². The summed E-state index contributed by atoms with van der Waals surface area (Å²) in [6.45, 7) is 3.10. The molecule has 0 atom stereocenters. The first-order valence-electron chi connectivity index (χ1n) is 3.82. The number of carbonyl (C=O) groups is 1. The summed E-state index contributed by atoms with van der Waals surface area (Å²) in [6.07, 6.45) is 0.931.